The number of aliphatic carboxylic acids is 1. The van der Waals surface area contributed by atoms with Crippen LogP contribution in [0.2, 0.25) is 0 Å². The molecule has 14 heteroatoms. The van der Waals surface area contributed by atoms with Crippen LogP contribution in [0, 0.1) is 0 Å². The van der Waals surface area contributed by atoms with Crippen molar-refractivity contribution in [1.82, 2.24) is 25.4 Å². The summed E-state index contributed by atoms with van der Waals surface area (Å²) in [5, 5.41) is 28.1. The van der Waals surface area contributed by atoms with Gasteiger partial charge in [0, 0.05) is 17.1 Å². The van der Waals surface area contributed by atoms with Gasteiger partial charge in [-0.15, -0.1) is 16.9 Å². The van der Waals surface area contributed by atoms with Gasteiger partial charge in [-0.2, -0.15) is 4.98 Å². The second-order valence-electron chi connectivity index (χ2n) is 7.14. The molecule has 12 nitrogen and oxygen atoms in total. The van der Waals surface area contributed by atoms with E-state index in [1.807, 2.05) is 0 Å². The van der Waals surface area contributed by atoms with E-state index >= 15 is 0 Å². The van der Waals surface area contributed by atoms with E-state index in [4.69, 9.17) is 5.73 Å². The standard InChI is InChI=1S/C19H18N6O6S2/c20-14(28)15-22-19(24-23-15)33-7-9-6-32-17-12(16(29)25(17)13(9)18(30)31)21-11(27)5-8-3-1-2-4-10(8)26/h1-4,12,17,26H,5-7H2,(H2,20,28)(H,21,27)(H,30,31)(H,22,23,24)/t12?,17-/m1/s1. The van der Waals surface area contributed by atoms with E-state index in [-0.39, 0.29) is 34.6 Å². The van der Waals surface area contributed by atoms with Gasteiger partial charge < -0.3 is 21.3 Å². The quantitative estimate of drug-likeness (QED) is 0.242. The fourth-order valence-corrected chi connectivity index (χ4v) is 5.71. The van der Waals surface area contributed by atoms with Gasteiger partial charge in [0.2, 0.25) is 16.9 Å². The molecule has 2 aliphatic rings. The van der Waals surface area contributed by atoms with Crippen molar-refractivity contribution in [1.29, 1.82) is 0 Å². The Morgan fingerprint density at radius 2 is 2.09 bits per heavy atom. The number of carboxylic acid groups (broad SMARTS) is 1. The molecule has 6 N–H and O–H groups in total. The van der Waals surface area contributed by atoms with Crippen molar-refractivity contribution in [2.75, 3.05) is 11.5 Å². The molecular formula is C19H18N6O6S2. The fourth-order valence-electron chi connectivity index (χ4n) is 3.42. The number of hydrogen-bond donors (Lipinski definition) is 5. The number of phenolic OH excluding ortho intramolecular Hbond substituents is 1. The summed E-state index contributed by atoms with van der Waals surface area (Å²) in [6.45, 7) is 0. The highest BCUT2D eigenvalue weighted by molar-refractivity contribution is 8.01. The summed E-state index contributed by atoms with van der Waals surface area (Å²) in [6.07, 6.45) is -0.110. The van der Waals surface area contributed by atoms with Crippen LogP contribution in [0.15, 0.2) is 40.7 Å². The van der Waals surface area contributed by atoms with E-state index < -0.39 is 35.1 Å². The van der Waals surface area contributed by atoms with Gasteiger partial charge in [-0.1, -0.05) is 30.0 Å². The van der Waals surface area contributed by atoms with Crippen LogP contribution in [0.25, 0.3) is 0 Å². The van der Waals surface area contributed by atoms with Crippen molar-refractivity contribution in [2.45, 2.75) is 23.0 Å². The Kier molecular flexibility index (Phi) is 6.29. The second kappa shape index (κ2) is 9.15. The van der Waals surface area contributed by atoms with E-state index in [0.717, 1.165) is 11.8 Å². The minimum absolute atomic E-state index is 0.0196. The molecule has 0 bridgehead atoms. The van der Waals surface area contributed by atoms with Gasteiger partial charge in [0.05, 0.1) is 6.42 Å². The summed E-state index contributed by atoms with van der Waals surface area (Å²) in [6, 6.07) is 5.54. The molecule has 3 heterocycles. The number of amides is 3. The number of carbonyl (C=O) groups is 4. The SMILES string of the molecule is NC(=O)c1nc(SCC2=C(C(=O)O)N3C(=O)C(NC(=O)Cc4ccccc4O)[C@H]3SC2)n[nH]1. The lowest BCUT2D eigenvalue weighted by Gasteiger charge is -2.49. The number of benzene rings is 1. The predicted octanol–water partition coefficient (Wildman–Crippen LogP) is -0.317. The Morgan fingerprint density at radius 1 is 1.33 bits per heavy atom. The van der Waals surface area contributed by atoms with Crippen LogP contribution < -0.4 is 11.1 Å². The number of carbonyl (C=O) groups excluding carboxylic acids is 3. The van der Waals surface area contributed by atoms with Gasteiger partial charge >= 0.3 is 5.97 Å². The number of nitrogens with two attached hydrogens (primary N) is 1. The number of nitrogens with zero attached hydrogens (tertiary/aromatic N) is 3. The number of hydrogen-bond acceptors (Lipinski definition) is 9. The first-order chi connectivity index (χ1) is 15.8. The van der Waals surface area contributed by atoms with Gasteiger partial charge in [-0.05, 0) is 11.6 Å². The summed E-state index contributed by atoms with van der Waals surface area (Å²) >= 11 is 2.44. The third-order valence-electron chi connectivity index (χ3n) is 4.98. The summed E-state index contributed by atoms with van der Waals surface area (Å²) in [7, 11) is 0. The van der Waals surface area contributed by atoms with Crippen molar-refractivity contribution >= 4 is 47.2 Å². The molecule has 1 fully saturated rings. The number of aromatic hydroxyl groups is 1. The van der Waals surface area contributed by atoms with E-state index in [1.165, 1.54) is 22.7 Å². The number of rotatable bonds is 8. The summed E-state index contributed by atoms with van der Waals surface area (Å²) in [4.78, 5) is 53.2. The van der Waals surface area contributed by atoms with Gasteiger partial charge in [-0.25, -0.2) is 4.79 Å². The molecule has 33 heavy (non-hydrogen) atoms. The Labute approximate surface area is 195 Å². The number of para-hydroxylation sites is 1. The average Bonchev–Trinajstić information content (AvgIpc) is 3.26. The first kappa shape index (κ1) is 22.7. The fraction of sp³-hybridized carbons (Fsp3) is 0.263. The van der Waals surface area contributed by atoms with Crippen molar-refractivity contribution in [3.63, 3.8) is 0 Å². The van der Waals surface area contributed by atoms with Crippen LogP contribution in [0.3, 0.4) is 0 Å². The van der Waals surface area contributed by atoms with E-state index in [1.54, 1.807) is 18.2 Å². The Morgan fingerprint density at radius 3 is 2.76 bits per heavy atom. The first-order valence-corrected chi connectivity index (χ1v) is 11.6. The Balaban J connectivity index is 1.43. The third kappa shape index (κ3) is 4.52. The Bertz CT molecular complexity index is 1180. The van der Waals surface area contributed by atoms with Crippen LogP contribution in [0.1, 0.15) is 16.2 Å². The highest BCUT2D eigenvalue weighted by Crippen LogP contribution is 2.41. The molecule has 1 aromatic heterocycles. The summed E-state index contributed by atoms with van der Waals surface area (Å²) < 4.78 is 0. The summed E-state index contributed by atoms with van der Waals surface area (Å²) in [5.41, 5.74) is 5.91. The van der Waals surface area contributed by atoms with E-state index in [2.05, 4.69) is 20.5 Å². The molecule has 1 unspecified atom stereocenters. The van der Waals surface area contributed by atoms with Crippen LogP contribution in [-0.4, -0.2) is 76.9 Å². The van der Waals surface area contributed by atoms with Gasteiger partial charge in [0.25, 0.3) is 11.8 Å². The molecule has 0 saturated carbocycles. The average molecular weight is 491 g/mol. The van der Waals surface area contributed by atoms with Crippen molar-refractivity contribution in [3.05, 3.63) is 46.9 Å². The molecule has 2 aliphatic heterocycles. The highest BCUT2D eigenvalue weighted by Gasteiger charge is 2.54. The second-order valence-corrected chi connectivity index (χ2v) is 9.18. The van der Waals surface area contributed by atoms with Crippen LogP contribution in [-0.2, 0) is 20.8 Å². The molecule has 0 radical (unpaired) electrons. The third-order valence-corrected chi connectivity index (χ3v) is 7.26. The van der Waals surface area contributed by atoms with Gasteiger partial charge in [0.15, 0.2) is 0 Å². The molecule has 1 aromatic carbocycles. The number of thioether (sulfide) groups is 2. The van der Waals surface area contributed by atoms with E-state index in [0.29, 0.717) is 16.9 Å². The first-order valence-electron chi connectivity index (χ1n) is 9.57. The smallest absolute Gasteiger partial charge is 0.352 e. The maximum atomic E-state index is 12.7. The molecule has 1 saturated heterocycles. The zero-order chi connectivity index (χ0) is 23.7. The molecule has 4 rings (SSSR count). The lowest BCUT2D eigenvalue weighted by Crippen LogP contribution is -2.70. The van der Waals surface area contributed by atoms with Crippen molar-refractivity contribution in [2.24, 2.45) is 5.73 Å². The normalized spacial score (nSPS) is 19.6. The number of nitrogens with one attached hydrogen (secondary N) is 2. The lowest BCUT2D eigenvalue weighted by atomic mass is 10.0. The molecular weight excluding hydrogens is 472 g/mol. The minimum atomic E-state index is -1.25. The van der Waals surface area contributed by atoms with Crippen LogP contribution in [0.5, 0.6) is 5.75 Å². The number of carboxylic acids is 1. The number of primary amides is 1. The number of fused-ring (bicyclic) bond motifs is 1. The summed E-state index contributed by atoms with van der Waals surface area (Å²) in [5.74, 6) is -2.61. The maximum absolute atomic E-state index is 12.7. The maximum Gasteiger partial charge on any atom is 0.352 e. The topological polar surface area (TPSA) is 192 Å². The van der Waals surface area contributed by atoms with Crippen molar-refractivity contribution in [3.8, 4) is 5.75 Å². The predicted molar refractivity (Wildman–Crippen MR) is 117 cm³/mol. The number of β-lactam (4-membered cyclic amide) rings is 1. The van der Waals surface area contributed by atoms with Crippen LogP contribution in [0.4, 0.5) is 0 Å². The minimum Gasteiger partial charge on any atom is -0.508 e. The molecule has 2 atom stereocenters. The molecule has 0 aliphatic carbocycles. The molecule has 3 amide bonds. The highest BCUT2D eigenvalue weighted by atomic mass is 32.2. The zero-order valence-electron chi connectivity index (χ0n) is 16.8. The van der Waals surface area contributed by atoms with Gasteiger partial charge in [0.1, 0.15) is 22.9 Å². The number of phenols is 1. The monoisotopic (exact) mass is 490 g/mol. The molecule has 0 spiro atoms. The number of H-pyrrole nitrogens is 1. The zero-order valence-corrected chi connectivity index (χ0v) is 18.5. The van der Waals surface area contributed by atoms with E-state index in [9.17, 15) is 29.4 Å². The van der Waals surface area contributed by atoms with Crippen molar-refractivity contribution < 1.29 is 29.4 Å². The van der Waals surface area contributed by atoms with Crippen LogP contribution >= 0.6 is 23.5 Å². The number of aromatic nitrogens is 3. The lowest BCUT2D eigenvalue weighted by molar-refractivity contribution is -0.150. The molecule has 2 aromatic rings. The largest absolute Gasteiger partial charge is 0.508 e. The Hall–Kier alpha value is -3.52. The van der Waals surface area contributed by atoms with Gasteiger partial charge in [-0.3, -0.25) is 24.4 Å². The number of aromatic amines is 1. The molecule has 172 valence electrons.